The second kappa shape index (κ2) is 10.0. The van der Waals surface area contributed by atoms with E-state index in [2.05, 4.69) is 5.32 Å². The summed E-state index contributed by atoms with van der Waals surface area (Å²) in [4.78, 5) is 22.4. The van der Waals surface area contributed by atoms with Gasteiger partial charge in [-0.3, -0.25) is 4.79 Å². The lowest BCUT2D eigenvalue weighted by atomic mass is 10.2. The van der Waals surface area contributed by atoms with E-state index in [-0.39, 0.29) is 25.6 Å². The molecule has 0 saturated carbocycles. The van der Waals surface area contributed by atoms with Crippen LogP contribution in [0.3, 0.4) is 0 Å². The number of carbonyl (C=O) groups excluding carboxylic acids is 2. The molecule has 1 saturated heterocycles. The van der Waals surface area contributed by atoms with Gasteiger partial charge in [0.15, 0.2) is 6.04 Å². The van der Waals surface area contributed by atoms with Gasteiger partial charge in [-0.2, -0.15) is 0 Å². The van der Waals surface area contributed by atoms with Crippen LogP contribution in [0.25, 0.3) is 0 Å². The maximum Gasteiger partial charge on any atom is 0.331 e. The molecule has 1 aromatic carbocycles. The molecule has 7 heteroatoms. The van der Waals surface area contributed by atoms with Crippen molar-refractivity contribution >= 4 is 12.4 Å². The van der Waals surface area contributed by atoms with Gasteiger partial charge in [-0.15, -0.1) is 0 Å². The van der Waals surface area contributed by atoms with Crippen LogP contribution < -0.4 is 5.32 Å². The summed E-state index contributed by atoms with van der Waals surface area (Å²) in [5.41, 5.74) is 1.07. The topological polar surface area (TPSA) is 83.1 Å². The normalized spacial score (nSPS) is 25.0. The van der Waals surface area contributed by atoms with E-state index < -0.39 is 12.0 Å². The monoisotopic (exact) mass is 337 g/mol. The van der Waals surface area contributed by atoms with Gasteiger partial charge in [0.05, 0.1) is 25.9 Å². The second-order valence-electron chi connectivity index (χ2n) is 5.60. The Morgan fingerprint density at radius 3 is 2.83 bits per heavy atom. The number of amides is 1. The highest BCUT2D eigenvalue weighted by molar-refractivity contribution is 5.78. The average Bonchev–Trinajstić information content (AvgIpc) is 2.63. The van der Waals surface area contributed by atoms with E-state index in [4.69, 9.17) is 18.9 Å². The molecule has 0 spiro atoms. The fourth-order valence-corrected chi connectivity index (χ4v) is 2.34. The predicted octanol–water partition coefficient (Wildman–Crippen LogP) is 1.01. The van der Waals surface area contributed by atoms with E-state index in [9.17, 15) is 9.59 Å². The third-order valence-electron chi connectivity index (χ3n) is 3.55. The number of carbonyl (C=O) groups is 2. The molecule has 0 aromatic heterocycles. The minimum absolute atomic E-state index is 0.0506. The van der Waals surface area contributed by atoms with E-state index >= 15 is 0 Å². The second-order valence-corrected chi connectivity index (χ2v) is 5.60. The molecule has 132 valence electrons. The first-order valence-corrected chi connectivity index (χ1v) is 7.90. The summed E-state index contributed by atoms with van der Waals surface area (Å²) in [7, 11) is 0. The van der Waals surface area contributed by atoms with Crippen LogP contribution in [0.15, 0.2) is 30.3 Å². The van der Waals surface area contributed by atoms with Gasteiger partial charge < -0.3 is 24.3 Å². The molecule has 1 aliphatic rings. The summed E-state index contributed by atoms with van der Waals surface area (Å²) in [6, 6.07) is 9.01. The Hall–Kier alpha value is -1.96. The highest BCUT2D eigenvalue weighted by Crippen LogP contribution is 2.12. The number of esters is 1. The van der Waals surface area contributed by atoms with Gasteiger partial charge in [0, 0.05) is 6.42 Å². The molecule has 1 N–H and O–H groups in total. The Morgan fingerprint density at radius 1 is 1.29 bits per heavy atom. The fourth-order valence-electron chi connectivity index (χ4n) is 2.34. The predicted molar refractivity (Wildman–Crippen MR) is 84.9 cm³/mol. The van der Waals surface area contributed by atoms with Crippen LogP contribution in [-0.2, 0) is 35.1 Å². The largest absolute Gasteiger partial charge is 0.461 e. The number of benzene rings is 1. The van der Waals surface area contributed by atoms with Gasteiger partial charge in [0.2, 0.25) is 6.41 Å². The van der Waals surface area contributed by atoms with Crippen LogP contribution in [0.1, 0.15) is 18.9 Å². The van der Waals surface area contributed by atoms with Gasteiger partial charge in [-0.1, -0.05) is 30.3 Å². The third-order valence-corrected chi connectivity index (χ3v) is 3.55. The van der Waals surface area contributed by atoms with Gasteiger partial charge >= 0.3 is 5.97 Å². The minimum atomic E-state index is -0.793. The summed E-state index contributed by atoms with van der Waals surface area (Å²) in [6.07, 6.45) is 0.366. The molecular formula is C17H23NO6. The quantitative estimate of drug-likeness (QED) is 0.346. The van der Waals surface area contributed by atoms with Crippen LogP contribution in [-0.4, -0.2) is 50.6 Å². The summed E-state index contributed by atoms with van der Waals surface area (Å²) >= 11 is 0. The van der Waals surface area contributed by atoms with Crippen LogP contribution in [0.4, 0.5) is 0 Å². The number of hydrogen-bond acceptors (Lipinski definition) is 6. The SMILES string of the molecule is CC1CC(OCOCc2ccccc2)COC[C@H](NC=O)C(=O)O1. The summed E-state index contributed by atoms with van der Waals surface area (Å²) in [5, 5.41) is 2.39. The number of nitrogens with one attached hydrogen (secondary N) is 1. The van der Waals surface area contributed by atoms with Crippen molar-refractivity contribution in [2.75, 3.05) is 20.0 Å². The summed E-state index contributed by atoms with van der Waals surface area (Å²) in [6.45, 7) is 2.72. The standard InChI is InChI=1S/C17H23NO6/c1-13-7-15(9-21-10-16(18-11-19)17(20)24-13)23-12-22-8-14-5-3-2-4-6-14/h2-6,11,13,15-16H,7-10,12H2,1H3,(H,18,19)/t13?,15?,16-/m0/s1. The summed E-state index contributed by atoms with van der Waals surface area (Å²) < 4.78 is 21.9. The zero-order valence-corrected chi connectivity index (χ0v) is 13.7. The molecule has 2 unspecified atom stereocenters. The van der Waals surface area contributed by atoms with Crippen LogP contribution in [0.5, 0.6) is 0 Å². The van der Waals surface area contributed by atoms with Crippen LogP contribution >= 0.6 is 0 Å². The van der Waals surface area contributed by atoms with E-state index in [0.29, 0.717) is 26.0 Å². The molecule has 2 rings (SSSR count). The molecule has 7 nitrogen and oxygen atoms in total. The third kappa shape index (κ3) is 6.27. The molecule has 24 heavy (non-hydrogen) atoms. The smallest absolute Gasteiger partial charge is 0.331 e. The van der Waals surface area contributed by atoms with Gasteiger partial charge in [-0.05, 0) is 12.5 Å². The Morgan fingerprint density at radius 2 is 2.08 bits per heavy atom. The minimum Gasteiger partial charge on any atom is -0.461 e. The molecule has 1 amide bonds. The molecule has 0 bridgehead atoms. The Kier molecular flexibility index (Phi) is 7.67. The maximum absolute atomic E-state index is 11.9. The maximum atomic E-state index is 11.9. The zero-order valence-electron chi connectivity index (χ0n) is 13.7. The molecule has 3 atom stereocenters. The van der Waals surface area contributed by atoms with Crippen molar-refractivity contribution in [1.29, 1.82) is 0 Å². The van der Waals surface area contributed by atoms with Crippen LogP contribution in [0.2, 0.25) is 0 Å². The molecule has 1 fully saturated rings. The Bertz CT molecular complexity index is 509. The van der Waals surface area contributed by atoms with E-state index in [1.807, 2.05) is 30.3 Å². The van der Waals surface area contributed by atoms with Gasteiger partial charge in [-0.25, -0.2) is 4.79 Å². The lowest BCUT2D eigenvalue weighted by Gasteiger charge is -2.20. The van der Waals surface area contributed by atoms with Crippen molar-refractivity contribution in [3.05, 3.63) is 35.9 Å². The molecular weight excluding hydrogens is 314 g/mol. The van der Waals surface area contributed by atoms with E-state index in [1.165, 1.54) is 0 Å². The number of hydrogen-bond donors (Lipinski definition) is 1. The fraction of sp³-hybridized carbons (Fsp3) is 0.529. The molecule has 1 aromatic rings. The molecule has 1 heterocycles. The lowest BCUT2D eigenvalue weighted by molar-refractivity contribution is -0.153. The highest BCUT2D eigenvalue weighted by atomic mass is 16.7. The average molecular weight is 337 g/mol. The van der Waals surface area contributed by atoms with Crippen molar-refractivity contribution in [2.45, 2.75) is 38.2 Å². The van der Waals surface area contributed by atoms with Crippen molar-refractivity contribution in [1.82, 2.24) is 5.32 Å². The van der Waals surface area contributed by atoms with Gasteiger partial charge in [0.1, 0.15) is 12.9 Å². The lowest BCUT2D eigenvalue weighted by Crippen LogP contribution is -2.41. The number of ether oxygens (including phenoxy) is 4. The van der Waals surface area contributed by atoms with Gasteiger partial charge in [0.25, 0.3) is 0 Å². The van der Waals surface area contributed by atoms with Crippen LogP contribution in [0, 0.1) is 0 Å². The number of cyclic esters (lactones) is 1. The first kappa shape index (κ1) is 18.4. The van der Waals surface area contributed by atoms with E-state index in [1.54, 1.807) is 6.92 Å². The van der Waals surface area contributed by atoms with Crippen molar-refractivity contribution in [3.8, 4) is 0 Å². The summed E-state index contributed by atoms with van der Waals surface area (Å²) in [5.74, 6) is -0.504. The molecule has 0 aliphatic carbocycles. The molecule has 0 radical (unpaired) electrons. The van der Waals surface area contributed by atoms with E-state index in [0.717, 1.165) is 5.56 Å². The van der Waals surface area contributed by atoms with Crippen molar-refractivity contribution < 1.29 is 28.5 Å². The van der Waals surface area contributed by atoms with Crippen molar-refractivity contribution in [2.24, 2.45) is 0 Å². The number of rotatable bonds is 7. The Labute approximate surface area is 141 Å². The molecule has 1 aliphatic heterocycles. The first-order valence-electron chi connectivity index (χ1n) is 7.90. The first-order chi connectivity index (χ1) is 11.7. The Balaban J connectivity index is 1.76. The zero-order chi connectivity index (χ0) is 17.2. The highest BCUT2D eigenvalue weighted by Gasteiger charge is 2.26. The van der Waals surface area contributed by atoms with Crippen molar-refractivity contribution in [3.63, 3.8) is 0 Å².